The van der Waals surface area contributed by atoms with E-state index in [-0.39, 0.29) is 5.15 Å². The summed E-state index contributed by atoms with van der Waals surface area (Å²) in [7, 11) is 3.18. The lowest BCUT2D eigenvalue weighted by Gasteiger charge is -2.04. The van der Waals surface area contributed by atoms with Crippen LogP contribution in [0.4, 0.5) is 0 Å². The monoisotopic (exact) mass is 224 g/mol. The molecule has 78 valence electrons. The van der Waals surface area contributed by atoms with Crippen molar-refractivity contribution in [3.8, 4) is 0 Å². The third-order valence-corrected chi connectivity index (χ3v) is 2.40. The van der Waals surface area contributed by atoms with Gasteiger partial charge in [0.2, 0.25) is 0 Å². The van der Waals surface area contributed by atoms with Crippen molar-refractivity contribution >= 4 is 28.6 Å². The Kier molecular flexibility index (Phi) is 2.36. The van der Waals surface area contributed by atoms with Gasteiger partial charge in [-0.25, -0.2) is 9.78 Å². The van der Waals surface area contributed by atoms with Crippen LogP contribution in [0.1, 0.15) is 10.4 Å². The first-order chi connectivity index (χ1) is 7.13. The molecule has 0 bridgehead atoms. The number of aromatic nitrogens is 2. The molecule has 0 fully saturated rings. The maximum atomic E-state index is 11.5. The lowest BCUT2D eigenvalue weighted by atomic mass is 10.2. The standard InChI is InChI=1S/C10H9ClN2O2/c1-13-4-3-7-9(13)6(10(14)15-2)5-8(11)12-7/h3-5H,1-2H3. The molecule has 0 amide bonds. The molecule has 2 aromatic rings. The maximum absolute atomic E-state index is 11.5. The quantitative estimate of drug-likeness (QED) is 0.550. The van der Waals surface area contributed by atoms with Crippen molar-refractivity contribution in [1.29, 1.82) is 0 Å². The molecule has 2 aromatic heterocycles. The van der Waals surface area contributed by atoms with E-state index in [0.717, 1.165) is 5.52 Å². The van der Waals surface area contributed by atoms with Crippen LogP contribution < -0.4 is 0 Å². The average Bonchev–Trinajstić information content (AvgIpc) is 2.58. The van der Waals surface area contributed by atoms with E-state index in [1.54, 1.807) is 6.07 Å². The summed E-state index contributed by atoms with van der Waals surface area (Å²) >= 11 is 5.81. The zero-order chi connectivity index (χ0) is 11.0. The minimum absolute atomic E-state index is 0.286. The predicted octanol–water partition coefficient (Wildman–Crippen LogP) is 2.01. The molecule has 0 aliphatic carbocycles. The van der Waals surface area contributed by atoms with Gasteiger partial charge in [0.15, 0.2) is 0 Å². The van der Waals surface area contributed by atoms with E-state index in [9.17, 15) is 4.79 Å². The summed E-state index contributed by atoms with van der Waals surface area (Å²) in [5, 5.41) is 0.286. The number of hydrogen-bond donors (Lipinski definition) is 0. The van der Waals surface area contributed by atoms with Gasteiger partial charge in [-0.15, -0.1) is 0 Å². The molecule has 0 N–H and O–H groups in total. The molecule has 4 nitrogen and oxygen atoms in total. The van der Waals surface area contributed by atoms with Crippen LogP contribution in [0.15, 0.2) is 18.3 Å². The van der Waals surface area contributed by atoms with Crippen molar-refractivity contribution in [2.75, 3.05) is 7.11 Å². The molecule has 0 unspecified atom stereocenters. The second kappa shape index (κ2) is 3.55. The summed E-state index contributed by atoms with van der Waals surface area (Å²) in [5.41, 5.74) is 1.84. The molecule has 0 atom stereocenters. The number of aryl methyl sites for hydroxylation is 1. The number of hydrogen-bond acceptors (Lipinski definition) is 3. The second-order valence-corrected chi connectivity index (χ2v) is 3.53. The summed E-state index contributed by atoms with van der Waals surface area (Å²) in [6.07, 6.45) is 1.82. The Bertz CT molecular complexity index is 533. The van der Waals surface area contributed by atoms with Gasteiger partial charge in [-0.1, -0.05) is 11.6 Å². The predicted molar refractivity (Wildman–Crippen MR) is 57.1 cm³/mol. The SMILES string of the molecule is COC(=O)c1cc(Cl)nc2ccn(C)c12. The summed E-state index contributed by atoms with van der Waals surface area (Å²) in [5.74, 6) is -0.411. The van der Waals surface area contributed by atoms with Crippen molar-refractivity contribution in [3.63, 3.8) is 0 Å². The second-order valence-electron chi connectivity index (χ2n) is 3.14. The minimum Gasteiger partial charge on any atom is -0.465 e. The number of fused-ring (bicyclic) bond motifs is 1. The maximum Gasteiger partial charge on any atom is 0.340 e. The smallest absolute Gasteiger partial charge is 0.340 e. The zero-order valence-electron chi connectivity index (χ0n) is 8.32. The zero-order valence-corrected chi connectivity index (χ0v) is 9.08. The van der Waals surface area contributed by atoms with Crippen LogP contribution in [0.2, 0.25) is 5.15 Å². The molecule has 0 radical (unpaired) electrons. The fourth-order valence-corrected chi connectivity index (χ4v) is 1.74. The first-order valence-electron chi connectivity index (χ1n) is 4.33. The van der Waals surface area contributed by atoms with Crippen LogP contribution in [0.3, 0.4) is 0 Å². The number of ether oxygens (including phenoxy) is 1. The lowest BCUT2D eigenvalue weighted by molar-refractivity contribution is 0.0602. The number of rotatable bonds is 1. The largest absolute Gasteiger partial charge is 0.465 e. The summed E-state index contributed by atoms with van der Waals surface area (Å²) < 4.78 is 6.50. The van der Waals surface area contributed by atoms with Crippen molar-refractivity contribution < 1.29 is 9.53 Å². The number of methoxy groups -OCH3 is 1. The number of halogens is 1. The molecule has 2 rings (SSSR count). The average molecular weight is 225 g/mol. The van der Waals surface area contributed by atoms with Crippen LogP contribution >= 0.6 is 11.6 Å². The van der Waals surface area contributed by atoms with Gasteiger partial charge >= 0.3 is 5.97 Å². The first-order valence-corrected chi connectivity index (χ1v) is 4.71. The molecule has 0 saturated carbocycles. The van der Waals surface area contributed by atoms with E-state index >= 15 is 0 Å². The highest BCUT2D eigenvalue weighted by atomic mass is 35.5. The van der Waals surface area contributed by atoms with Crippen molar-refractivity contribution in [2.24, 2.45) is 7.05 Å². The van der Waals surface area contributed by atoms with Gasteiger partial charge in [0.25, 0.3) is 0 Å². The molecule has 0 saturated heterocycles. The number of carbonyl (C=O) groups excluding carboxylic acids is 1. The summed E-state index contributed by atoms with van der Waals surface area (Å²) in [6, 6.07) is 3.31. The normalized spacial score (nSPS) is 10.6. The Morgan fingerprint density at radius 2 is 2.33 bits per heavy atom. The fourth-order valence-electron chi connectivity index (χ4n) is 1.54. The molecule has 2 heterocycles. The van der Waals surface area contributed by atoms with Gasteiger partial charge in [0.05, 0.1) is 23.7 Å². The summed E-state index contributed by atoms with van der Waals surface area (Å²) in [6.45, 7) is 0. The number of esters is 1. The minimum atomic E-state index is -0.411. The van der Waals surface area contributed by atoms with E-state index < -0.39 is 5.97 Å². The fraction of sp³-hybridized carbons (Fsp3) is 0.200. The molecule has 15 heavy (non-hydrogen) atoms. The Hall–Kier alpha value is -1.55. The van der Waals surface area contributed by atoms with Crippen LogP contribution in [-0.4, -0.2) is 22.6 Å². The number of nitrogens with zero attached hydrogens (tertiary/aromatic N) is 2. The number of carbonyl (C=O) groups is 1. The highest BCUT2D eigenvalue weighted by Gasteiger charge is 2.15. The number of pyridine rings is 1. The third kappa shape index (κ3) is 1.57. The van der Waals surface area contributed by atoms with Gasteiger partial charge in [0, 0.05) is 13.2 Å². The van der Waals surface area contributed by atoms with Crippen LogP contribution in [0.5, 0.6) is 0 Å². The van der Waals surface area contributed by atoms with Gasteiger partial charge in [-0.2, -0.15) is 0 Å². The Labute approximate surface area is 91.4 Å². The van der Waals surface area contributed by atoms with Crippen LogP contribution in [0, 0.1) is 0 Å². The molecule has 0 spiro atoms. The van der Waals surface area contributed by atoms with E-state index in [1.165, 1.54) is 13.2 Å². The van der Waals surface area contributed by atoms with Crippen molar-refractivity contribution in [3.05, 3.63) is 29.0 Å². The van der Waals surface area contributed by atoms with Gasteiger partial charge in [-0.05, 0) is 12.1 Å². The van der Waals surface area contributed by atoms with E-state index in [0.29, 0.717) is 11.1 Å². The molecular formula is C10H9ClN2O2. The highest BCUT2D eigenvalue weighted by Crippen LogP contribution is 2.21. The summed E-state index contributed by atoms with van der Waals surface area (Å²) in [4.78, 5) is 15.6. The third-order valence-electron chi connectivity index (χ3n) is 2.20. The van der Waals surface area contributed by atoms with Gasteiger partial charge < -0.3 is 9.30 Å². The molecule has 0 aliphatic heterocycles. The molecule has 5 heteroatoms. The van der Waals surface area contributed by atoms with E-state index in [4.69, 9.17) is 11.6 Å². The van der Waals surface area contributed by atoms with Gasteiger partial charge in [-0.3, -0.25) is 0 Å². The van der Waals surface area contributed by atoms with E-state index in [1.807, 2.05) is 17.8 Å². The lowest BCUT2D eigenvalue weighted by Crippen LogP contribution is -2.04. The highest BCUT2D eigenvalue weighted by molar-refractivity contribution is 6.30. The Balaban J connectivity index is 2.80. The van der Waals surface area contributed by atoms with Crippen molar-refractivity contribution in [2.45, 2.75) is 0 Å². The Morgan fingerprint density at radius 3 is 3.00 bits per heavy atom. The van der Waals surface area contributed by atoms with E-state index in [2.05, 4.69) is 9.72 Å². The van der Waals surface area contributed by atoms with Crippen LogP contribution in [0.25, 0.3) is 11.0 Å². The topological polar surface area (TPSA) is 44.1 Å². The van der Waals surface area contributed by atoms with Gasteiger partial charge in [0.1, 0.15) is 5.15 Å². The molecule has 0 aromatic carbocycles. The van der Waals surface area contributed by atoms with Crippen molar-refractivity contribution in [1.82, 2.24) is 9.55 Å². The van der Waals surface area contributed by atoms with Crippen LogP contribution in [-0.2, 0) is 11.8 Å². The first kappa shape index (κ1) is 9.98. The molecular weight excluding hydrogens is 216 g/mol. The Morgan fingerprint density at radius 1 is 1.60 bits per heavy atom. The molecule has 0 aliphatic rings.